The summed E-state index contributed by atoms with van der Waals surface area (Å²) in [6.45, 7) is 0. The number of aryl methyl sites for hydroxylation is 2. The maximum Gasteiger partial charge on any atom is 0.116 e. The van der Waals surface area contributed by atoms with Crippen molar-refractivity contribution in [3.05, 3.63) is 53.6 Å². The second-order valence-electron chi connectivity index (χ2n) is 4.90. The molecule has 1 atom stereocenters. The van der Waals surface area contributed by atoms with Crippen LogP contribution >= 0.6 is 0 Å². The normalized spacial score (nSPS) is 14.6. The van der Waals surface area contributed by atoms with Crippen molar-refractivity contribution in [2.24, 2.45) is 5.73 Å². The molecule has 1 unspecified atom stereocenters. The molecular formula is C17H21NO2S. The largest absolute Gasteiger partial charge is 0.508 e. The fourth-order valence-electron chi connectivity index (χ4n) is 2.56. The number of nitrogens with two attached hydrogens (primary N) is 1. The summed E-state index contributed by atoms with van der Waals surface area (Å²) in [4.78, 5) is 1.47. The summed E-state index contributed by atoms with van der Waals surface area (Å²) in [6, 6.07) is 12.8. The lowest BCUT2D eigenvalue weighted by molar-refractivity contribution is 0.473. The van der Waals surface area contributed by atoms with Gasteiger partial charge < -0.3 is 10.8 Å². The smallest absolute Gasteiger partial charge is 0.116 e. The van der Waals surface area contributed by atoms with Gasteiger partial charge in [0.05, 0.1) is 10.8 Å². The first-order chi connectivity index (χ1) is 10.2. The van der Waals surface area contributed by atoms with Gasteiger partial charge in [-0.15, -0.1) is 0 Å². The van der Waals surface area contributed by atoms with Crippen molar-refractivity contribution in [3.8, 4) is 5.75 Å². The van der Waals surface area contributed by atoms with Gasteiger partial charge in [-0.25, -0.2) is 4.21 Å². The molecule has 112 valence electrons. The summed E-state index contributed by atoms with van der Waals surface area (Å²) in [7, 11) is 0.285. The minimum Gasteiger partial charge on any atom is -0.508 e. The molecule has 0 amide bonds. The molecule has 0 aromatic heterocycles. The van der Waals surface area contributed by atoms with E-state index in [9.17, 15) is 9.32 Å². The highest BCUT2D eigenvalue weighted by Crippen LogP contribution is 2.26. The van der Waals surface area contributed by atoms with E-state index in [2.05, 4.69) is 17.9 Å². The molecular weight excluding hydrogens is 282 g/mol. The van der Waals surface area contributed by atoms with Gasteiger partial charge in [-0.1, -0.05) is 12.1 Å². The number of rotatable bonds is 2. The Balaban J connectivity index is 0.000000774. The van der Waals surface area contributed by atoms with Crippen LogP contribution in [0, 0.1) is 0 Å². The SMILES string of the molecule is CN.O=S(c1cccc(O)c1)c1ccc2c(c1)CCCC2. The van der Waals surface area contributed by atoms with E-state index in [4.69, 9.17) is 0 Å². The summed E-state index contributed by atoms with van der Waals surface area (Å²) in [5.41, 5.74) is 7.22. The summed E-state index contributed by atoms with van der Waals surface area (Å²) >= 11 is 0. The van der Waals surface area contributed by atoms with Gasteiger partial charge in [0.1, 0.15) is 5.75 Å². The van der Waals surface area contributed by atoms with Crippen molar-refractivity contribution in [3.63, 3.8) is 0 Å². The summed E-state index contributed by atoms with van der Waals surface area (Å²) in [5, 5.41) is 9.47. The first-order valence-electron chi connectivity index (χ1n) is 7.14. The van der Waals surface area contributed by atoms with Crippen molar-refractivity contribution in [1.82, 2.24) is 0 Å². The number of fused-ring (bicyclic) bond motifs is 1. The van der Waals surface area contributed by atoms with Gasteiger partial charge in [-0.3, -0.25) is 0 Å². The number of benzene rings is 2. The van der Waals surface area contributed by atoms with Crippen LogP contribution in [0.4, 0.5) is 0 Å². The lowest BCUT2D eigenvalue weighted by Crippen LogP contribution is -2.04. The topological polar surface area (TPSA) is 63.3 Å². The molecule has 0 saturated carbocycles. The fraction of sp³-hybridized carbons (Fsp3) is 0.294. The lowest BCUT2D eigenvalue weighted by Gasteiger charge is -2.16. The van der Waals surface area contributed by atoms with Crippen LogP contribution in [0.25, 0.3) is 0 Å². The van der Waals surface area contributed by atoms with Gasteiger partial charge in [0.15, 0.2) is 0 Å². The average molecular weight is 303 g/mol. The number of hydrogen-bond donors (Lipinski definition) is 2. The quantitative estimate of drug-likeness (QED) is 0.896. The Morgan fingerprint density at radius 2 is 1.62 bits per heavy atom. The zero-order valence-corrected chi connectivity index (χ0v) is 13.0. The van der Waals surface area contributed by atoms with Crippen LogP contribution in [0.3, 0.4) is 0 Å². The molecule has 2 aromatic rings. The highest BCUT2D eigenvalue weighted by molar-refractivity contribution is 7.85. The number of aromatic hydroxyl groups is 1. The maximum absolute atomic E-state index is 12.5. The summed E-state index contributed by atoms with van der Waals surface area (Å²) in [5.74, 6) is 0.156. The Morgan fingerprint density at radius 3 is 2.33 bits per heavy atom. The van der Waals surface area contributed by atoms with Gasteiger partial charge in [0.2, 0.25) is 0 Å². The minimum atomic E-state index is -1.22. The second-order valence-corrected chi connectivity index (χ2v) is 6.38. The molecule has 4 heteroatoms. The van der Waals surface area contributed by atoms with Gasteiger partial charge >= 0.3 is 0 Å². The summed E-state index contributed by atoms with van der Waals surface area (Å²) < 4.78 is 12.5. The average Bonchev–Trinajstić information content (AvgIpc) is 2.55. The first kappa shape index (κ1) is 15.7. The van der Waals surface area contributed by atoms with Crippen molar-refractivity contribution in [2.45, 2.75) is 35.5 Å². The third kappa shape index (κ3) is 3.71. The van der Waals surface area contributed by atoms with E-state index in [1.54, 1.807) is 24.3 Å². The standard InChI is InChI=1S/C16H16O2S.CH5N/c17-14-6-3-7-15(11-14)19(18)16-9-8-12-4-1-2-5-13(12)10-16;1-2/h3,6-11,17H,1-2,4-5H2;2H2,1H3. The van der Waals surface area contributed by atoms with Crippen LogP contribution < -0.4 is 5.73 Å². The van der Waals surface area contributed by atoms with E-state index in [-0.39, 0.29) is 5.75 Å². The Kier molecular flexibility index (Phi) is 5.53. The molecule has 0 fully saturated rings. The minimum absolute atomic E-state index is 0.156. The molecule has 0 spiro atoms. The molecule has 0 heterocycles. The Labute approximate surface area is 128 Å². The van der Waals surface area contributed by atoms with E-state index in [1.807, 2.05) is 6.07 Å². The predicted octanol–water partition coefficient (Wildman–Crippen LogP) is 3.01. The highest BCUT2D eigenvalue weighted by atomic mass is 32.2. The van der Waals surface area contributed by atoms with Crippen LogP contribution in [0.15, 0.2) is 52.3 Å². The third-order valence-corrected chi connectivity index (χ3v) is 4.93. The molecule has 0 saturated heterocycles. The molecule has 21 heavy (non-hydrogen) atoms. The van der Waals surface area contributed by atoms with Gasteiger partial charge in [-0.2, -0.15) is 0 Å². The number of hydrogen-bond acceptors (Lipinski definition) is 3. The highest BCUT2D eigenvalue weighted by Gasteiger charge is 2.13. The van der Waals surface area contributed by atoms with Crippen LogP contribution in [0.1, 0.15) is 24.0 Å². The maximum atomic E-state index is 12.5. The zero-order chi connectivity index (χ0) is 15.2. The van der Waals surface area contributed by atoms with Crippen molar-refractivity contribution >= 4 is 10.8 Å². The first-order valence-corrected chi connectivity index (χ1v) is 8.29. The molecule has 0 radical (unpaired) electrons. The van der Waals surface area contributed by atoms with Crippen LogP contribution in [0.2, 0.25) is 0 Å². The Bertz CT molecular complexity index is 640. The lowest BCUT2D eigenvalue weighted by atomic mass is 9.92. The molecule has 0 bridgehead atoms. The van der Waals surface area contributed by atoms with Crippen LogP contribution in [0.5, 0.6) is 5.75 Å². The molecule has 1 aliphatic rings. The van der Waals surface area contributed by atoms with Crippen LogP contribution in [-0.2, 0) is 23.6 Å². The molecule has 3 nitrogen and oxygen atoms in total. The zero-order valence-electron chi connectivity index (χ0n) is 12.2. The predicted molar refractivity (Wildman–Crippen MR) is 86.0 cm³/mol. The van der Waals surface area contributed by atoms with Crippen molar-refractivity contribution < 1.29 is 9.32 Å². The van der Waals surface area contributed by atoms with Gasteiger partial charge in [0, 0.05) is 9.79 Å². The number of phenols is 1. The second kappa shape index (κ2) is 7.38. The molecule has 3 rings (SSSR count). The number of phenolic OH excluding ortho intramolecular Hbond substituents is 1. The van der Waals surface area contributed by atoms with E-state index < -0.39 is 10.8 Å². The van der Waals surface area contributed by atoms with Crippen molar-refractivity contribution in [2.75, 3.05) is 7.05 Å². The summed E-state index contributed by atoms with van der Waals surface area (Å²) in [6.07, 6.45) is 4.69. The fourth-order valence-corrected chi connectivity index (χ4v) is 3.70. The third-order valence-electron chi connectivity index (χ3n) is 3.57. The van der Waals surface area contributed by atoms with Gasteiger partial charge in [-0.05, 0) is 74.2 Å². The Hall–Kier alpha value is -1.65. The van der Waals surface area contributed by atoms with Crippen molar-refractivity contribution in [1.29, 1.82) is 0 Å². The van der Waals surface area contributed by atoms with Gasteiger partial charge in [0.25, 0.3) is 0 Å². The van der Waals surface area contributed by atoms with E-state index in [0.717, 1.165) is 17.7 Å². The van der Waals surface area contributed by atoms with E-state index in [1.165, 1.54) is 31.0 Å². The van der Waals surface area contributed by atoms with E-state index in [0.29, 0.717) is 4.90 Å². The van der Waals surface area contributed by atoms with Crippen LogP contribution in [-0.4, -0.2) is 16.4 Å². The molecule has 2 aromatic carbocycles. The Morgan fingerprint density at radius 1 is 0.952 bits per heavy atom. The molecule has 1 aliphatic carbocycles. The molecule has 3 N–H and O–H groups in total. The van der Waals surface area contributed by atoms with E-state index >= 15 is 0 Å². The molecule has 0 aliphatic heterocycles. The monoisotopic (exact) mass is 303 g/mol.